The molecule has 3 heterocycles. The molecule has 1 aliphatic heterocycles. The van der Waals surface area contributed by atoms with Crippen LogP contribution in [0.2, 0.25) is 0 Å². The minimum atomic E-state index is -0.178. The lowest BCUT2D eigenvalue weighted by Crippen LogP contribution is -2.44. The lowest BCUT2D eigenvalue weighted by Gasteiger charge is -2.33. The SMILES string of the molecule is Cc1nccn1-c1ccc(N2CCCC(C(=O)NC(c3ccccc3)c3ccccc3)C2)nn1. The number of aromatic nitrogens is 4. The highest BCUT2D eigenvalue weighted by molar-refractivity contribution is 5.80. The van der Waals surface area contributed by atoms with Crippen molar-refractivity contribution in [2.75, 3.05) is 18.0 Å². The van der Waals surface area contributed by atoms with Crippen LogP contribution in [0.25, 0.3) is 5.82 Å². The highest BCUT2D eigenvalue weighted by Gasteiger charge is 2.29. The first-order chi connectivity index (χ1) is 16.7. The molecule has 1 fully saturated rings. The Labute approximate surface area is 199 Å². The highest BCUT2D eigenvalue weighted by atomic mass is 16.2. The number of amides is 1. The van der Waals surface area contributed by atoms with E-state index in [-0.39, 0.29) is 17.9 Å². The number of benzene rings is 2. The molecule has 1 atom stereocenters. The topological polar surface area (TPSA) is 75.9 Å². The van der Waals surface area contributed by atoms with Crippen molar-refractivity contribution >= 4 is 11.7 Å². The number of piperidine rings is 1. The summed E-state index contributed by atoms with van der Waals surface area (Å²) in [5, 5.41) is 12.1. The Bertz CT molecular complexity index is 1180. The van der Waals surface area contributed by atoms with Crippen molar-refractivity contribution in [2.24, 2.45) is 5.92 Å². The normalized spacial score (nSPS) is 15.9. The molecule has 5 rings (SSSR count). The van der Waals surface area contributed by atoms with E-state index in [9.17, 15) is 4.79 Å². The van der Waals surface area contributed by atoms with Crippen molar-refractivity contribution in [1.82, 2.24) is 25.1 Å². The number of carbonyl (C=O) groups is 1. The zero-order chi connectivity index (χ0) is 23.3. The van der Waals surface area contributed by atoms with Crippen LogP contribution in [0, 0.1) is 12.8 Å². The molecule has 1 unspecified atom stereocenters. The Morgan fingerprint density at radius 2 is 1.59 bits per heavy atom. The van der Waals surface area contributed by atoms with Crippen LogP contribution in [0.15, 0.2) is 85.2 Å². The van der Waals surface area contributed by atoms with Crippen LogP contribution in [-0.4, -0.2) is 38.7 Å². The molecule has 0 bridgehead atoms. The number of nitrogens with one attached hydrogen (secondary N) is 1. The van der Waals surface area contributed by atoms with Gasteiger partial charge in [-0.1, -0.05) is 60.7 Å². The van der Waals surface area contributed by atoms with Gasteiger partial charge in [0.05, 0.1) is 12.0 Å². The van der Waals surface area contributed by atoms with Gasteiger partial charge < -0.3 is 10.2 Å². The summed E-state index contributed by atoms with van der Waals surface area (Å²) in [7, 11) is 0. The predicted molar refractivity (Wildman–Crippen MR) is 132 cm³/mol. The first-order valence-electron chi connectivity index (χ1n) is 11.7. The standard InChI is InChI=1S/C27H28N6O/c1-20-28-16-18-33(20)25-15-14-24(30-31-25)32-17-8-13-23(19-32)27(34)29-26(21-9-4-2-5-10-21)22-11-6-3-7-12-22/h2-7,9-12,14-16,18,23,26H,8,13,17,19H2,1H3,(H,29,34). The summed E-state index contributed by atoms with van der Waals surface area (Å²) >= 11 is 0. The first-order valence-corrected chi connectivity index (χ1v) is 11.7. The Morgan fingerprint density at radius 1 is 0.941 bits per heavy atom. The summed E-state index contributed by atoms with van der Waals surface area (Å²) < 4.78 is 1.90. The number of imidazole rings is 1. The molecule has 4 aromatic rings. The summed E-state index contributed by atoms with van der Waals surface area (Å²) in [5.74, 6) is 2.35. The molecule has 0 radical (unpaired) electrons. The van der Waals surface area contributed by atoms with Crippen molar-refractivity contribution in [1.29, 1.82) is 0 Å². The Hall–Kier alpha value is -4.00. The smallest absolute Gasteiger partial charge is 0.225 e. The Kier molecular flexibility index (Phi) is 6.33. The monoisotopic (exact) mass is 452 g/mol. The summed E-state index contributed by atoms with van der Waals surface area (Å²) in [5.41, 5.74) is 2.15. The Balaban J connectivity index is 1.30. The summed E-state index contributed by atoms with van der Waals surface area (Å²) in [6.07, 6.45) is 5.41. The van der Waals surface area contributed by atoms with Gasteiger partial charge in [0.15, 0.2) is 11.6 Å². The van der Waals surface area contributed by atoms with E-state index in [0.29, 0.717) is 6.54 Å². The zero-order valence-corrected chi connectivity index (χ0v) is 19.2. The van der Waals surface area contributed by atoms with Gasteiger partial charge in [-0.25, -0.2) is 4.98 Å². The fourth-order valence-electron chi connectivity index (χ4n) is 4.54. The van der Waals surface area contributed by atoms with Gasteiger partial charge in [0.2, 0.25) is 5.91 Å². The van der Waals surface area contributed by atoms with Gasteiger partial charge in [0, 0.05) is 25.5 Å². The van der Waals surface area contributed by atoms with E-state index in [1.54, 1.807) is 6.20 Å². The van der Waals surface area contributed by atoms with Gasteiger partial charge in [0.1, 0.15) is 5.82 Å². The Morgan fingerprint density at radius 3 is 2.18 bits per heavy atom. The molecule has 1 N–H and O–H groups in total. The average Bonchev–Trinajstić information content (AvgIpc) is 3.34. The number of aryl methyl sites for hydroxylation is 1. The second-order valence-corrected chi connectivity index (χ2v) is 8.64. The van der Waals surface area contributed by atoms with Crippen LogP contribution in [0.3, 0.4) is 0 Å². The summed E-state index contributed by atoms with van der Waals surface area (Å²) in [4.78, 5) is 19.8. The number of rotatable bonds is 6. The van der Waals surface area contributed by atoms with Gasteiger partial charge in [-0.15, -0.1) is 10.2 Å². The molecule has 7 heteroatoms. The molecule has 7 nitrogen and oxygen atoms in total. The number of nitrogens with zero attached hydrogens (tertiary/aromatic N) is 5. The van der Waals surface area contributed by atoms with Crippen LogP contribution in [0.1, 0.15) is 35.8 Å². The van der Waals surface area contributed by atoms with E-state index >= 15 is 0 Å². The molecular weight excluding hydrogens is 424 g/mol. The van der Waals surface area contributed by atoms with Gasteiger partial charge in [-0.3, -0.25) is 9.36 Å². The predicted octanol–water partition coefficient (Wildman–Crippen LogP) is 4.09. The van der Waals surface area contributed by atoms with Crippen molar-refractivity contribution in [3.05, 3.63) is 102 Å². The molecule has 0 aliphatic carbocycles. The molecule has 2 aromatic heterocycles. The van der Waals surface area contributed by atoms with Gasteiger partial charge in [-0.05, 0) is 43.0 Å². The lowest BCUT2D eigenvalue weighted by molar-refractivity contribution is -0.125. The van der Waals surface area contributed by atoms with Crippen LogP contribution in [0.5, 0.6) is 0 Å². The molecule has 34 heavy (non-hydrogen) atoms. The largest absolute Gasteiger partial charge is 0.354 e. The molecular formula is C27H28N6O. The number of anilines is 1. The zero-order valence-electron chi connectivity index (χ0n) is 19.2. The molecule has 1 amide bonds. The van der Waals surface area contributed by atoms with E-state index in [2.05, 4.69) is 49.7 Å². The van der Waals surface area contributed by atoms with E-state index in [4.69, 9.17) is 0 Å². The second-order valence-electron chi connectivity index (χ2n) is 8.64. The maximum Gasteiger partial charge on any atom is 0.225 e. The number of carbonyl (C=O) groups excluding carboxylic acids is 1. The second kappa shape index (κ2) is 9.87. The molecule has 0 spiro atoms. The summed E-state index contributed by atoms with van der Waals surface area (Å²) in [6, 6.07) is 24.0. The minimum Gasteiger partial charge on any atom is -0.354 e. The lowest BCUT2D eigenvalue weighted by atomic mass is 9.94. The van der Waals surface area contributed by atoms with Gasteiger partial charge in [0.25, 0.3) is 0 Å². The summed E-state index contributed by atoms with van der Waals surface area (Å²) in [6.45, 7) is 3.42. The van der Waals surface area contributed by atoms with E-state index in [1.807, 2.05) is 66.2 Å². The third-order valence-corrected chi connectivity index (χ3v) is 6.38. The maximum atomic E-state index is 13.4. The fraction of sp³-hybridized carbons (Fsp3) is 0.259. The molecule has 1 saturated heterocycles. The molecule has 172 valence electrons. The van der Waals surface area contributed by atoms with Crippen molar-refractivity contribution in [3.8, 4) is 5.82 Å². The van der Waals surface area contributed by atoms with Crippen molar-refractivity contribution < 1.29 is 4.79 Å². The van der Waals surface area contributed by atoms with Crippen LogP contribution >= 0.6 is 0 Å². The minimum absolute atomic E-state index is 0.0704. The average molecular weight is 453 g/mol. The fourth-order valence-corrected chi connectivity index (χ4v) is 4.54. The molecule has 2 aromatic carbocycles. The number of hydrogen-bond acceptors (Lipinski definition) is 5. The van der Waals surface area contributed by atoms with Crippen LogP contribution in [-0.2, 0) is 4.79 Å². The quantitative estimate of drug-likeness (QED) is 0.477. The molecule has 0 saturated carbocycles. The third-order valence-electron chi connectivity index (χ3n) is 6.38. The van der Waals surface area contributed by atoms with Gasteiger partial charge >= 0.3 is 0 Å². The first kappa shape index (κ1) is 21.8. The van der Waals surface area contributed by atoms with E-state index < -0.39 is 0 Å². The van der Waals surface area contributed by atoms with Gasteiger partial charge in [-0.2, -0.15) is 0 Å². The van der Waals surface area contributed by atoms with Crippen molar-refractivity contribution in [3.63, 3.8) is 0 Å². The van der Waals surface area contributed by atoms with Crippen LogP contribution in [0.4, 0.5) is 5.82 Å². The van der Waals surface area contributed by atoms with E-state index in [0.717, 1.165) is 48.0 Å². The van der Waals surface area contributed by atoms with Crippen molar-refractivity contribution in [2.45, 2.75) is 25.8 Å². The third kappa shape index (κ3) is 4.69. The van der Waals surface area contributed by atoms with E-state index in [1.165, 1.54) is 0 Å². The molecule has 1 aliphatic rings. The number of hydrogen-bond donors (Lipinski definition) is 1. The maximum absolute atomic E-state index is 13.4. The van der Waals surface area contributed by atoms with Crippen LogP contribution < -0.4 is 10.2 Å². The highest BCUT2D eigenvalue weighted by Crippen LogP contribution is 2.26.